The molecule has 0 aliphatic carbocycles. The predicted octanol–water partition coefficient (Wildman–Crippen LogP) is 4.18. The Balaban J connectivity index is 2.02. The van der Waals surface area contributed by atoms with Crippen molar-refractivity contribution in [3.63, 3.8) is 0 Å². The normalized spacial score (nSPS) is 10.7. The van der Waals surface area contributed by atoms with Gasteiger partial charge in [-0.2, -0.15) is 4.98 Å². The fraction of sp³-hybridized carbons (Fsp3) is 0.0667. The highest BCUT2D eigenvalue weighted by Crippen LogP contribution is 2.29. The highest BCUT2D eigenvalue weighted by molar-refractivity contribution is 9.10. The van der Waals surface area contributed by atoms with Gasteiger partial charge in [-0.15, -0.1) is 0 Å². The zero-order valence-corrected chi connectivity index (χ0v) is 12.3. The molecule has 1 heterocycles. The van der Waals surface area contributed by atoms with E-state index in [1.807, 2.05) is 37.3 Å². The van der Waals surface area contributed by atoms with Gasteiger partial charge in [0.2, 0.25) is 5.82 Å². The van der Waals surface area contributed by atoms with Crippen molar-refractivity contribution in [2.75, 3.05) is 0 Å². The molecule has 5 heteroatoms. The van der Waals surface area contributed by atoms with Gasteiger partial charge in [-0.05, 0) is 42.8 Å². The van der Waals surface area contributed by atoms with E-state index in [2.05, 4.69) is 26.1 Å². The Morgan fingerprint density at radius 2 is 1.95 bits per heavy atom. The van der Waals surface area contributed by atoms with Crippen LogP contribution in [0.3, 0.4) is 0 Å². The van der Waals surface area contributed by atoms with Gasteiger partial charge in [0.1, 0.15) is 5.75 Å². The van der Waals surface area contributed by atoms with Crippen molar-refractivity contribution in [2.24, 2.45) is 0 Å². The molecule has 0 spiro atoms. The summed E-state index contributed by atoms with van der Waals surface area (Å²) in [5.74, 6) is 1.20. The lowest BCUT2D eigenvalue weighted by atomic mass is 10.1. The van der Waals surface area contributed by atoms with Crippen LogP contribution in [0.4, 0.5) is 0 Å². The molecule has 1 N–H and O–H groups in total. The number of phenolic OH excluding ortho intramolecular Hbond substituents is 1. The minimum atomic E-state index is 0.249. The minimum Gasteiger partial charge on any atom is -0.508 e. The molecule has 0 unspecified atom stereocenters. The molecule has 0 saturated carbocycles. The maximum Gasteiger partial charge on any atom is 0.258 e. The molecule has 0 aliphatic heterocycles. The number of benzene rings is 2. The summed E-state index contributed by atoms with van der Waals surface area (Å²) < 4.78 is 6.20. The number of hydrogen-bond acceptors (Lipinski definition) is 4. The Kier molecular flexibility index (Phi) is 3.28. The van der Waals surface area contributed by atoms with Gasteiger partial charge in [0.25, 0.3) is 5.89 Å². The Hall–Kier alpha value is -2.14. The number of nitrogens with zero attached hydrogens (tertiary/aromatic N) is 2. The van der Waals surface area contributed by atoms with Crippen LogP contribution in [-0.4, -0.2) is 15.2 Å². The molecule has 0 aliphatic rings. The first-order valence-electron chi connectivity index (χ1n) is 6.04. The highest BCUT2D eigenvalue weighted by Gasteiger charge is 2.13. The lowest BCUT2D eigenvalue weighted by Crippen LogP contribution is -1.83. The summed E-state index contributed by atoms with van der Waals surface area (Å²) in [6.07, 6.45) is 0. The first-order valence-corrected chi connectivity index (χ1v) is 6.83. The number of phenols is 1. The third-order valence-corrected chi connectivity index (χ3v) is 3.68. The van der Waals surface area contributed by atoms with Crippen LogP contribution in [0.5, 0.6) is 5.75 Å². The largest absolute Gasteiger partial charge is 0.508 e. The van der Waals surface area contributed by atoms with E-state index in [0.717, 1.165) is 21.2 Å². The number of halogens is 1. The number of rotatable bonds is 2. The molecule has 20 heavy (non-hydrogen) atoms. The van der Waals surface area contributed by atoms with Gasteiger partial charge in [0, 0.05) is 15.6 Å². The fourth-order valence-electron chi connectivity index (χ4n) is 1.88. The molecule has 4 nitrogen and oxygen atoms in total. The zero-order chi connectivity index (χ0) is 14.1. The summed E-state index contributed by atoms with van der Waals surface area (Å²) in [6.45, 7) is 1.82. The summed E-state index contributed by atoms with van der Waals surface area (Å²) in [6, 6.07) is 12.9. The molecule has 1 aromatic heterocycles. The average molecular weight is 331 g/mol. The van der Waals surface area contributed by atoms with Gasteiger partial charge >= 0.3 is 0 Å². The second-order valence-electron chi connectivity index (χ2n) is 4.40. The van der Waals surface area contributed by atoms with Crippen LogP contribution in [-0.2, 0) is 0 Å². The second-order valence-corrected chi connectivity index (χ2v) is 5.26. The van der Waals surface area contributed by atoms with Gasteiger partial charge in [-0.3, -0.25) is 0 Å². The predicted molar refractivity (Wildman–Crippen MR) is 79.3 cm³/mol. The van der Waals surface area contributed by atoms with Gasteiger partial charge in [0.15, 0.2) is 0 Å². The first kappa shape index (κ1) is 12.9. The van der Waals surface area contributed by atoms with E-state index in [-0.39, 0.29) is 5.75 Å². The third-order valence-electron chi connectivity index (χ3n) is 2.98. The van der Waals surface area contributed by atoms with Crippen molar-refractivity contribution in [3.05, 3.63) is 52.5 Å². The number of aromatic hydroxyl groups is 1. The van der Waals surface area contributed by atoms with Crippen molar-refractivity contribution in [2.45, 2.75) is 6.92 Å². The number of aromatic nitrogens is 2. The van der Waals surface area contributed by atoms with Gasteiger partial charge in [-0.25, -0.2) is 0 Å². The summed E-state index contributed by atoms with van der Waals surface area (Å²) in [5.41, 5.74) is 2.42. The molecular weight excluding hydrogens is 320 g/mol. The Morgan fingerprint density at radius 3 is 2.70 bits per heavy atom. The molecule has 0 radical (unpaired) electrons. The molecular formula is C15H11BrN2O2. The standard InChI is InChI=1S/C15H11BrN2O2/c1-9-8-10(6-7-13(9)19)15-17-14(18-20-15)11-4-2-3-5-12(11)16/h2-8,19H,1H3. The molecule has 0 saturated heterocycles. The van der Waals surface area contributed by atoms with E-state index in [9.17, 15) is 5.11 Å². The molecule has 0 amide bonds. The van der Waals surface area contributed by atoms with E-state index >= 15 is 0 Å². The molecule has 2 aromatic carbocycles. The Labute approximate surface area is 124 Å². The molecule has 3 aromatic rings. The van der Waals surface area contributed by atoms with Crippen molar-refractivity contribution in [1.29, 1.82) is 0 Å². The molecule has 0 fully saturated rings. The number of aryl methyl sites for hydroxylation is 1. The number of hydrogen-bond donors (Lipinski definition) is 1. The summed E-state index contributed by atoms with van der Waals surface area (Å²) >= 11 is 3.46. The summed E-state index contributed by atoms with van der Waals surface area (Å²) in [7, 11) is 0. The van der Waals surface area contributed by atoms with E-state index < -0.39 is 0 Å². The van der Waals surface area contributed by atoms with Crippen LogP contribution in [0, 0.1) is 6.92 Å². The van der Waals surface area contributed by atoms with Gasteiger partial charge in [-0.1, -0.05) is 33.2 Å². The van der Waals surface area contributed by atoms with Crippen molar-refractivity contribution >= 4 is 15.9 Å². The molecule has 0 bridgehead atoms. The monoisotopic (exact) mass is 330 g/mol. The maximum absolute atomic E-state index is 9.54. The van der Waals surface area contributed by atoms with Crippen LogP contribution in [0.1, 0.15) is 5.56 Å². The van der Waals surface area contributed by atoms with Crippen molar-refractivity contribution in [1.82, 2.24) is 10.1 Å². The van der Waals surface area contributed by atoms with Crippen molar-refractivity contribution < 1.29 is 9.63 Å². The zero-order valence-electron chi connectivity index (χ0n) is 10.7. The van der Waals surface area contributed by atoms with E-state index in [0.29, 0.717) is 11.7 Å². The highest BCUT2D eigenvalue weighted by atomic mass is 79.9. The summed E-state index contributed by atoms with van der Waals surface area (Å²) in [4.78, 5) is 4.39. The quantitative estimate of drug-likeness (QED) is 0.765. The van der Waals surface area contributed by atoms with Crippen LogP contribution in [0.25, 0.3) is 22.8 Å². The minimum absolute atomic E-state index is 0.249. The van der Waals surface area contributed by atoms with Crippen LogP contribution < -0.4 is 0 Å². The summed E-state index contributed by atoms with van der Waals surface area (Å²) in [5, 5.41) is 13.5. The van der Waals surface area contributed by atoms with Gasteiger partial charge in [0.05, 0.1) is 0 Å². The topological polar surface area (TPSA) is 59.2 Å². The van der Waals surface area contributed by atoms with Crippen LogP contribution >= 0.6 is 15.9 Å². The lowest BCUT2D eigenvalue weighted by Gasteiger charge is -1.99. The molecule has 100 valence electrons. The average Bonchev–Trinajstić information content (AvgIpc) is 2.92. The van der Waals surface area contributed by atoms with E-state index in [4.69, 9.17) is 4.52 Å². The second kappa shape index (κ2) is 5.09. The van der Waals surface area contributed by atoms with E-state index in [1.165, 1.54) is 0 Å². The molecule has 0 atom stereocenters. The van der Waals surface area contributed by atoms with Crippen LogP contribution in [0.2, 0.25) is 0 Å². The fourth-order valence-corrected chi connectivity index (χ4v) is 2.34. The SMILES string of the molecule is Cc1cc(-c2nc(-c3ccccc3Br)no2)ccc1O. The Morgan fingerprint density at radius 1 is 1.15 bits per heavy atom. The lowest BCUT2D eigenvalue weighted by molar-refractivity contribution is 0.432. The Bertz CT molecular complexity index is 768. The third kappa shape index (κ3) is 2.32. The molecule has 3 rings (SSSR count). The van der Waals surface area contributed by atoms with Crippen LogP contribution in [0.15, 0.2) is 51.5 Å². The maximum atomic E-state index is 9.54. The van der Waals surface area contributed by atoms with Crippen molar-refractivity contribution in [3.8, 4) is 28.6 Å². The van der Waals surface area contributed by atoms with E-state index in [1.54, 1.807) is 12.1 Å². The first-order chi connectivity index (χ1) is 9.65. The smallest absolute Gasteiger partial charge is 0.258 e. The van der Waals surface area contributed by atoms with Gasteiger partial charge < -0.3 is 9.63 Å².